The molecule has 0 aliphatic carbocycles. The van der Waals surface area contributed by atoms with E-state index in [-0.39, 0.29) is 25.8 Å². The summed E-state index contributed by atoms with van der Waals surface area (Å²) in [7, 11) is 0. The smallest absolute Gasteiger partial charge is 0.326 e. The van der Waals surface area contributed by atoms with Crippen LogP contribution < -0.4 is 16.4 Å². The fourth-order valence-corrected chi connectivity index (χ4v) is 4.35. The molecule has 7 N–H and O–H groups in total. The van der Waals surface area contributed by atoms with Crippen LogP contribution in [0.15, 0.2) is 42.9 Å². The Kier molecular flexibility index (Phi) is 9.93. The molecule has 13 nitrogen and oxygen atoms in total. The molecule has 1 saturated heterocycles. The van der Waals surface area contributed by atoms with Gasteiger partial charge in [0.25, 0.3) is 0 Å². The third kappa shape index (κ3) is 7.87. The van der Waals surface area contributed by atoms with E-state index in [0.717, 1.165) is 5.56 Å². The minimum absolute atomic E-state index is 0.0636. The van der Waals surface area contributed by atoms with Crippen LogP contribution in [0.4, 0.5) is 0 Å². The van der Waals surface area contributed by atoms with Gasteiger partial charge in [0.1, 0.15) is 18.1 Å². The number of nitrogens with one attached hydrogen (secondary N) is 3. The summed E-state index contributed by atoms with van der Waals surface area (Å²) >= 11 is 0. The van der Waals surface area contributed by atoms with Crippen molar-refractivity contribution in [3.05, 3.63) is 54.1 Å². The topological polar surface area (TPSA) is 208 Å². The third-order valence-electron chi connectivity index (χ3n) is 6.33. The average Bonchev–Trinajstić information content (AvgIpc) is 3.58. The van der Waals surface area contributed by atoms with Gasteiger partial charge in [0, 0.05) is 37.7 Å². The summed E-state index contributed by atoms with van der Waals surface area (Å²) in [6, 6.07) is 4.42. The van der Waals surface area contributed by atoms with Crippen molar-refractivity contribution in [2.45, 2.75) is 62.7 Å². The predicted molar refractivity (Wildman–Crippen MR) is 134 cm³/mol. The van der Waals surface area contributed by atoms with Crippen LogP contribution in [0.1, 0.15) is 36.9 Å². The van der Waals surface area contributed by atoms with E-state index >= 15 is 0 Å². The SMILES string of the molecule is NC(Cc1cnc[nH]1)C(=O)NC(CCC(=O)O)C(=O)N1CCCC1C(=O)NC(Cc1ccccc1)C(=O)O. The Morgan fingerprint density at radius 2 is 1.82 bits per heavy atom. The summed E-state index contributed by atoms with van der Waals surface area (Å²) in [5, 5.41) is 23.8. The largest absolute Gasteiger partial charge is 0.481 e. The molecule has 2 aromatic rings. The molecule has 0 saturated carbocycles. The zero-order valence-corrected chi connectivity index (χ0v) is 20.7. The van der Waals surface area contributed by atoms with E-state index in [0.29, 0.717) is 18.5 Å². The number of carboxylic acids is 2. The third-order valence-corrected chi connectivity index (χ3v) is 6.33. The number of carbonyl (C=O) groups excluding carboxylic acids is 3. The van der Waals surface area contributed by atoms with Gasteiger partial charge in [-0.2, -0.15) is 0 Å². The molecule has 2 heterocycles. The Hall–Kier alpha value is -4.26. The molecular formula is C25H32N6O7. The van der Waals surface area contributed by atoms with Crippen molar-refractivity contribution in [2.75, 3.05) is 6.54 Å². The number of nitrogens with two attached hydrogens (primary N) is 1. The second-order valence-electron chi connectivity index (χ2n) is 9.16. The fraction of sp³-hybridized carbons (Fsp3) is 0.440. The number of benzene rings is 1. The maximum atomic E-state index is 13.4. The summed E-state index contributed by atoms with van der Waals surface area (Å²) in [6.45, 7) is 0.201. The minimum atomic E-state index is -1.22. The van der Waals surface area contributed by atoms with Crippen LogP contribution in [0.5, 0.6) is 0 Å². The molecule has 0 bridgehead atoms. The summed E-state index contributed by atoms with van der Waals surface area (Å²) < 4.78 is 0. The number of likely N-dealkylation sites (tertiary alicyclic amines) is 1. The van der Waals surface area contributed by atoms with Crippen LogP contribution in [-0.4, -0.2) is 85.5 Å². The van der Waals surface area contributed by atoms with Crippen molar-refractivity contribution in [1.82, 2.24) is 25.5 Å². The van der Waals surface area contributed by atoms with E-state index in [4.69, 9.17) is 10.8 Å². The van der Waals surface area contributed by atoms with Gasteiger partial charge in [-0.15, -0.1) is 0 Å². The number of hydrogen-bond acceptors (Lipinski definition) is 7. The van der Waals surface area contributed by atoms with Crippen molar-refractivity contribution in [3.8, 4) is 0 Å². The Labute approximate surface area is 218 Å². The molecule has 4 unspecified atom stereocenters. The molecule has 0 spiro atoms. The number of aromatic nitrogens is 2. The van der Waals surface area contributed by atoms with Crippen molar-refractivity contribution < 1.29 is 34.2 Å². The highest BCUT2D eigenvalue weighted by atomic mass is 16.4. The summed E-state index contributed by atoms with van der Waals surface area (Å²) in [5.74, 6) is -4.27. The first-order chi connectivity index (χ1) is 18.2. The number of rotatable bonds is 13. The maximum absolute atomic E-state index is 13.4. The number of carboxylic acid groups (broad SMARTS) is 2. The first-order valence-electron chi connectivity index (χ1n) is 12.3. The van der Waals surface area contributed by atoms with Crippen LogP contribution in [0.3, 0.4) is 0 Å². The van der Waals surface area contributed by atoms with Gasteiger partial charge >= 0.3 is 11.9 Å². The van der Waals surface area contributed by atoms with Gasteiger partial charge in [-0.1, -0.05) is 30.3 Å². The number of H-pyrrole nitrogens is 1. The molecule has 0 radical (unpaired) electrons. The predicted octanol–water partition coefficient (Wildman–Crippen LogP) is -0.568. The van der Waals surface area contributed by atoms with Crippen LogP contribution in [-0.2, 0) is 36.8 Å². The van der Waals surface area contributed by atoms with Gasteiger partial charge in [0.15, 0.2) is 0 Å². The van der Waals surface area contributed by atoms with Crippen molar-refractivity contribution in [1.29, 1.82) is 0 Å². The first-order valence-corrected chi connectivity index (χ1v) is 12.3. The zero-order chi connectivity index (χ0) is 27.7. The fourth-order valence-electron chi connectivity index (χ4n) is 4.35. The van der Waals surface area contributed by atoms with Crippen molar-refractivity contribution in [2.24, 2.45) is 5.73 Å². The molecule has 3 amide bonds. The molecule has 3 rings (SSSR count). The van der Waals surface area contributed by atoms with E-state index in [2.05, 4.69) is 20.6 Å². The van der Waals surface area contributed by atoms with Crippen LogP contribution in [0.2, 0.25) is 0 Å². The van der Waals surface area contributed by atoms with Gasteiger partial charge in [-0.05, 0) is 24.8 Å². The average molecular weight is 529 g/mol. The molecule has 1 aliphatic rings. The number of amides is 3. The van der Waals surface area contributed by atoms with E-state index in [1.54, 1.807) is 30.3 Å². The lowest BCUT2D eigenvalue weighted by Crippen LogP contribution is -2.57. The molecule has 1 fully saturated rings. The van der Waals surface area contributed by atoms with Gasteiger partial charge in [0.05, 0.1) is 12.4 Å². The summed E-state index contributed by atoms with van der Waals surface area (Å²) in [4.78, 5) is 70.2. The lowest BCUT2D eigenvalue weighted by molar-refractivity contribution is -0.145. The number of aromatic amines is 1. The van der Waals surface area contributed by atoms with Crippen LogP contribution >= 0.6 is 0 Å². The van der Waals surface area contributed by atoms with E-state index in [1.165, 1.54) is 17.4 Å². The van der Waals surface area contributed by atoms with E-state index in [1.807, 2.05) is 0 Å². The van der Waals surface area contributed by atoms with Crippen LogP contribution in [0, 0.1) is 0 Å². The number of aliphatic carboxylic acids is 2. The highest BCUT2D eigenvalue weighted by molar-refractivity contribution is 5.94. The quantitative estimate of drug-likeness (QED) is 0.196. The monoisotopic (exact) mass is 528 g/mol. The van der Waals surface area contributed by atoms with Gasteiger partial charge < -0.3 is 36.5 Å². The van der Waals surface area contributed by atoms with Gasteiger partial charge in [-0.25, -0.2) is 9.78 Å². The molecular weight excluding hydrogens is 496 g/mol. The number of carbonyl (C=O) groups is 5. The highest BCUT2D eigenvalue weighted by Crippen LogP contribution is 2.20. The number of imidazole rings is 1. The zero-order valence-electron chi connectivity index (χ0n) is 20.7. The van der Waals surface area contributed by atoms with Gasteiger partial charge in [-0.3, -0.25) is 19.2 Å². The first kappa shape index (κ1) is 28.3. The molecule has 1 aliphatic heterocycles. The molecule has 4 atom stereocenters. The van der Waals surface area contributed by atoms with Crippen molar-refractivity contribution in [3.63, 3.8) is 0 Å². The Bertz CT molecular complexity index is 1120. The molecule has 38 heavy (non-hydrogen) atoms. The number of hydrogen-bond donors (Lipinski definition) is 6. The maximum Gasteiger partial charge on any atom is 0.326 e. The Morgan fingerprint density at radius 1 is 1.08 bits per heavy atom. The lowest BCUT2D eigenvalue weighted by Gasteiger charge is -2.30. The minimum Gasteiger partial charge on any atom is -0.481 e. The Balaban J connectivity index is 1.69. The molecule has 1 aromatic heterocycles. The molecule has 13 heteroatoms. The number of nitrogens with zero attached hydrogens (tertiary/aromatic N) is 2. The summed E-state index contributed by atoms with van der Waals surface area (Å²) in [5.41, 5.74) is 7.30. The standard InChI is InChI=1S/C25H32N6O7/c26-17(12-16-13-27-14-28-16)22(34)29-18(8-9-21(32)33)24(36)31-10-4-7-20(31)23(35)30-19(25(37)38)11-15-5-2-1-3-6-15/h1-3,5-6,13-14,17-20H,4,7-12,26H2,(H,27,28)(H,29,34)(H,30,35)(H,32,33)(H,37,38). The van der Waals surface area contributed by atoms with Gasteiger partial charge in [0.2, 0.25) is 17.7 Å². The van der Waals surface area contributed by atoms with Crippen LogP contribution in [0.25, 0.3) is 0 Å². The Morgan fingerprint density at radius 3 is 2.45 bits per heavy atom. The van der Waals surface area contributed by atoms with E-state index < -0.39 is 60.2 Å². The lowest BCUT2D eigenvalue weighted by atomic mass is 10.0. The molecule has 204 valence electrons. The normalized spacial score (nSPS) is 17.3. The van der Waals surface area contributed by atoms with Crippen molar-refractivity contribution >= 4 is 29.7 Å². The second kappa shape index (κ2) is 13.3. The summed E-state index contributed by atoms with van der Waals surface area (Å²) in [6.07, 6.45) is 3.32. The second-order valence-corrected chi connectivity index (χ2v) is 9.16. The van der Waals surface area contributed by atoms with E-state index in [9.17, 15) is 29.1 Å². The highest BCUT2D eigenvalue weighted by Gasteiger charge is 2.39. The molecule has 1 aromatic carbocycles.